The van der Waals surface area contributed by atoms with Gasteiger partial charge in [-0.25, -0.2) is 0 Å². The van der Waals surface area contributed by atoms with Gasteiger partial charge in [0.2, 0.25) is 0 Å². The van der Waals surface area contributed by atoms with Crippen LogP contribution in [-0.4, -0.2) is 12.2 Å². The minimum Gasteiger partial charge on any atom is -0.400 e. The number of rotatable bonds is 0. The van der Waals surface area contributed by atoms with Crippen LogP contribution >= 0.6 is 0 Å². The van der Waals surface area contributed by atoms with Crippen LogP contribution < -0.4 is 0 Å². The van der Waals surface area contributed by atoms with Gasteiger partial charge in [0.05, 0.1) is 0 Å². The van der Waals surface area contributed by atoms with E-state index in [-0.39, 0.29) is 32.7 Å². The van der Waals surface area contributed by atoms with Gasteiger partial charge in [0, 0.05) is 39.8 Å². The van der Waals surface area contributed by atoms with Crippen molar-refractivity contribution in [2.75, 3.05) is 7.11 Å². The van der Waals surface area contributed by atoms with Crippen LogP contribution in [0.3, 0.4) is 0 Å². The second kappa shape index (κ2) is 36.5. The van der Waals surface area contributed by atoms with Crippen molar-refractivity contribution >= 4 is 0 Å². The van der Waals surface area contributed by atoms with Crippen LogP contribution in [0, 0.1) is 6.92 Å². The molecule has 0 atom stereocenters. The zero-order chi connectivity index (χ0) is 4.71. The van der Waals surface area contributed by atoms with Crippen LogP contribution in [-0.2, 0) is 32.7 Å². The van der Waals surface area contributed by atoms with Gasteiger partial charge in [0.15, 0.2) is 0 Å². The Morgan fingerprint density at radius 1 is 1.50 bits per heavy atom. The predicted octanol–water partition coefficient (Wildman–Crippen LogP) is 0.836. The number of aliphatic hydroxyl groups excluding tert-OH is 1. The molecular formula is C4H11OY-. The Kier molecular flexibility index (Phi) is 95.7. The number of aliphatic hydroxyl groups is 1. The van der Waals surface area contributed by atoms with Gasteiger partial charge in [0.25, 0.3) is 0 Å². The van der Waals surface area contributed by atoms with E-state index >= 15 is 0 Å². The fourth-order valence-electron chi connectivity index (χ4n) is 0. The largest absolute Gasteiger partial charge is 0.400 e. The molecule has 0 aromatic heterocycles. The van der Waals surface area contributed by atoms with Gasteiger partial charge in [-0.3, -0.25) is 0 Å². The fourth-order valence-corrected chi connectivity index (χ4v) is 0. The molecule has 0 fully saturated rings. The molecule has 0 aliphatic rings. The molecule has 0 amide bonds. The molecule has 6 heavy (non-hydrogen) atoms. The molecule has 1 nitrogen and oxygen atoms in total. The predicted molar refractivity (Wildman–Crippen MR) is 23.8 cm³/mol. The van der Waals surface area contributed by atoms with Crippen LogP contribution in [0.15, 0.2) is 0 Å². The summed E-state index contributed by atoms with van der Waals surface area (Å²) >= 11 is 0. The van der Waals surface area contributed by atoms with Gasteiger partial charge >= 0.3 is 0 Å². The van der Waals surface area contributed by atoms with E-state index in [1.807, 2.05) is 6.92 Å². The van der Waals surface area contributed by atoms with E-state index in [0.29, 0.717) is 0 Å². The van der Waals surface area contributed by atoms with Crippen LogP contribution in [0.5, 0.6) is 0 Å². The van der Waals surface area contributed by atoms with Crippen LogP contribution in [0.4, 0.5) is 0 Å². The third-order valence-corrected chi connectivity index (χ3v) is 0. The Bertz CT molecular complexity index is 7.51. The molecule has 0 saturated heterocycles. The van der Waals surface area contributed by atoms with E-state index in [1.54, 1.807) is 0 Å². The SMILES string of the molecule is CO.[CH2-]CC.[Y]. The third-order valence-electron chi connectivity index (χ3n) is 0. The quantitative estimate of drug-likeness (QED) is 0.526. The first-order valence-corrected chi connectivity index (χ1v) is 1.65. The van der Waals surface area contributed by atoms with Gasteiger partial charge in [-0.15, -0.1) is 0 Å². The third kappa shape index (κ3) is 73.9. The standard InChI is InChI=1S/C3H7.CH4O.Y/c1-3-2;1-2;/h1,3H2,2H3;2H,1H3;/q-1;;. The Labute approximate surface area is 65.0 Å². The Balaban J connectivity index is -0.0000000275. The topological polar surface area (TPSA) is 20.2 Å². The van der Waals surface area contributed by atoms with Gasteiger partial charge < -0.3 is 12.0 Å². The first-order chi connectivity index (χ1) is 2.41. The van der Waals surface area contributed by atoms with Crippen molar-refractivity contribution < 1.29 is 37.8 Å². The van der Waals surface area contributed by atoms with E-state index in [1.165, 1.54) is 0 Å². The molecule has 0 aromatic carbocycles. The van der Waals surface area contributed by atoms with E-state index < -0.39 is 0 Å². The summed E-state index contributed by atoms with van der Waals surface area (Å²) in [5, 5.41) is 7.00. The van der Waals surface area contributed by atoms with E-state index in [9.17, 15) is 0 Å². The fraction of sp³-hybridized carbons (Fsp3) is 0.750. The van der Waals surface area contributed by atoms with Crippen molar-refractivity contribution in [1.29, 1.82) is 0 Å². The van der Waals surface area contributed by atoms with Gasteiger partial charge in [0.1, 0.15) is 0 Å². The first kappa shape index (κ1) is 15.7. The smallest absolute Gasteiger partial charge is 0.0319 e. The first-order valence-electron chi connectivity index (χ1n) is 1.65. The minimum absolute atomic E-state index is 0. The van der Waals surface area contributed by atoms with Crippen molar-refractivity contribution in [3.63, 3.8) is 0 Å². The summed E-state index contributed by atoms with van der Waals surface area (Å²) in [6.07, 6.45) is 1.00. The zero-order valence-corrected chi connectivity index (χ0v) is 7.28. The van der Waals surface area contributed by atoms with Crippen molar-refractivity contribution in [2.24, 2.45) is 0 Å². The van der Waals surface area contributed by atoms with Gasteiger partial charge in [-0.1, -0.05) is 6.92 Å². The molecule has 0 unspecified atom stereocenters. The van der Waals surface area contributed by atoms with Crippen LogP contribution in [0.1, 0.15) is 13.3 Å². The minimum atomic E-state index is 0. The Hall–Kier alpha value is 1.06. The van der Waals surface area contributed by atoms with Gasteiger partial charge in [-0.2, -0.15) is 6.42 Å². The summed E-state index contributed by atoms with van der Waals surface area (Å²) < 4.78 is 0. The Morgan fingerprint density at radius 2 is 1.50 bits per heavy atom. The van der Waals surface area contributed by atoms with E-state index in [0.717, 1.165) is 13.5 Å². The van der Waals surface area contributed by atoms with Crippen molar-refractivity contribution in [3.8, 4) is 0 Å². The maximum Gasteiger partial charge on any atom is 0.0319 e. The molecule has 0 spiro atoms. The molecule has 0 aromatic rings. The molecule has 0 bridgehead atoms. The summed E-state index contributed by atoms with van der Waals surface area (Å²) in [6, 6.07) is 0. The monoisotopic (exact) mass is 164 g/mol. The summed E-state index contributed by atoms with van der Waals surface area (Å²) in [5.74, 6) is 0. The van der Waals surface area contributed by atoms with Crippen molar-refractivity contribution in [2.45, 2.75) is 13.3 Å². The summed E-state index contributed by atoms with van der Waals surface area (Å²) in [7, 11) is 1.00. The average Bonchev–Trinajstić information content (AvgIpc) is 1.46. The molecule has 0 aliphatic carbocycles. The summed E-state index contributed by atoms with van der Waals surface area (Å²) in [5.41, 5.74) is 0. The van der Waals surface area contributed by atoms with Crippen LogP contribution in [0.2, 0.25) is 0 Å². The second-order valence-electron chi connectivity index (χ2n) is 0.500. The molecule has 37 valence electrons. The van der Waals surface area contributed by atoms with Gasteiger partial charge in [-0.05, 0) is 0 Å². The van der Waals surface area contributed by atoms with Crippen LogP contribution in [0.25, 0.3) is 0 Å². The number of hydrogen-bond acceptors (Lipinski definition) is 1. The van der Waals surface area contributed by atoms with E-state index in [2.05, 4.69) is 6.92 Å². The molecule has 1 N–H and O–H groups in total. The van der Waals surface area contributed by atoms with Crippen molar-refractivity contribution in [1.82, 2.24) is 0 Å². The molecule has 0 heterocycles. The molecule has 2 heteroatoms. The maximum atomic E-state index is 7.00. The number of hydrogen-bond donors (Lipinski definition) is 1. The van der Waals surface area contributed by atoms with Crippen molar-refractivity contribution in [3.05, 3.63) is 6.92 Å². The molecular weight excluding hydrogens is 153 g/mol. The summed E-state index contributed by atoms with van der Waals surface area (Å²) in [6.45, 7) is 5.50. The second-order valence-corrected chi connectivity index (χ2v) is 0.500. The average molecular weight is 164 g/mol. The maximum absolute atomic E-state index is 7.00. The molecule has 0 saturated carbocycles. The molecule has 1 radical (unpaired) electrons. The molecule has 0 aliphatic heterocycles. The molecule has 0 rings (SSSR count). The summed E-state index contributed by atoms with van der Waals surface area (Å²) in [4.78, 5) is 0. The van der Waals surface area contributed by atoms with E-state index in [4.69, 9.17) is 5.11 Å². The normalized spacial score (nSPS) is 4.00. The Morgan fingerprint density at radius 3 is 1.50 bits per heavy atom. The zero-order valence-electron chi connectivity index (χ0n) is 4.44.